The van der Waals surface area contributed by atoms with Gasteiger partial charge >= 0.3 is 5.97 Å². The molecular formula is C16H21FN2O3. The molecule has 1 heterocycles. The lowest BCUT2D eigenvalue weighted by Crippen LogP contribution is -2.49. The van der Waals surface area contributed by atoms with Gasteiger partial charge in [-0.2, -0.15) is 0 Å². The van der Waals surface area contributed by atoms with Gasteiger partial charge in [0, 0.05) is 13.6 Å². The molecule has 1 fully saturated rings. The summed E-state index contributed by atoms with van der Waals surface area (Å²) in [6.07, 6.45) is 2.39. The molecule has 1 saturated heterocycles. The van der Waals surface area contributed by atoms with E-state index in [0.29, 0.717) is 19.5 Å². The second kappa shape index (κ2) is 7.35. The van der Waals surface area contributed by atoms with Crippen LogP contribution in [0.2, 0.25) is 0 Å². The van der Waals surface area contributed by atoms with Crippen LogP contribution in [0.3, 0.4) is 0 Å². The number of rotatable bonds is 5. The van der Waals surface area contributed by atoms with E-state index in [1.807, 2.05) is 0 Å². The fourth-order valence-corrected chi connectivity index (χ4v) is 2.71. The largest absolute Gasteiger partial charge is 0.480 e. The molecule has 1 aliphatic rings. The molecule has 1 N–H and O–H groups in total. The van der Waals surface area contributed by atoms with Gasteiger partial charge in [-0.05, 0) is 37.1 Å². The molecular weight excluding hydrogens is 287 g/mol. The molecule has 120 valence electrons. The van der Waals surface area contributed by atoms with Gasteiger partial charge in [0.05, 0.1) is 6.54 Å². The number of carbonyl (C=O) groups excluding carboxylic acids is 1. The molecule has 22 heavy (non-hydrogen) atoms. The molecule has 6 heteroatoms. The molecule has 1 unspecified atom stereocenters. The van der Waals surface area contributed by atoms with Crippen LogP contribution in [0.1, 0.15) is 24.8 Å². The van der Waals surface area contributed by atoms with Crippen molar-refractivity contribution in [1.82, 2.24) is 9.80 Å². The van der Waals surface area contributed by atoms with Gasteiger partial charge in [0.2, 0.25) is 5.91 Å². The van der Waals surface area contributed by atoms with Gasteiger partial charge in [0.25, 0.3) is 0 Å². The summed E-state index contributed by atoms with van der Waals surface area (Å²) in [4.78, 5) is 26.8. The lowest BCUT2D eigenvalue weighted by Gasteiger charge is -2.33. The molecule has 2 rings (SSSR count). The van der Waals surface area contributed by atoms with E-state index in [1.165, 1.54) is 12.1 Å². The standard InChI is InChI=1S/C16H21FN2O3/c1-18(10-12-5-7-13(17)8-6-12)15(20)11-19-9-3-2-4-14(19)16(21)22/h5-8,14H,2-4,9-11H2,1H3,(H,21,22). The van der Waals surface area contributed by atoms with Crippen LogP contribution in [0.15, 0.2) is 24.3 Å². The summed E-state index contributed by atoms with van der Waals surface area (Å²) in [6.45, 7) is 1.12. The van der Waals surface area contributed by atoms with Crippen molar-refractivity contribution < 1.29 is 19.1 Å². The summed E-state index contributed by atoms with van der Waals surface area (Å²) < 4.78 is 12.9. The van der Waals surface area contributed by atoms with Crippen LogP contribution in [0.4, 0.5) is 4.39 Å². The Morgan fingerprint density at radius 3 is 2.64 bits per heavy atom. The van der Waals surface area contributed by atoms with Gasteiger partial charge in [-0.3, -0.25) is 14.5 Å². The molecule has 1 aromatic carbocycles. The number of likely N-dealkylation sites (N-methyl/N-ethyl adjacent to an activating group) is 1. The molecule has 0 bridgehead atoms. The van der Waals surface area contributed by atoms with Crippen LogP contribution < -0.4 is 0 Å². The average molecular weight is 308 g/mol. The first-order chi connectivity index (χ1) is 10.5. The Morgan fingerprint density at radius 2 is 2.00 bits per heavy atom. The predicted molar refractivity (Wildman–Crippen MR) is 79.7 cm³/mol. The van der Waals surface area contributed by atoms with E-state index in [1.54, 1.807) is 29.0 Å². The van der Waals surface area contributed by atoms with Crippen LogP contribution in [-0.4, -0.2) is 53.0 Å². The molecule has 1 amide bonds. The highest BCUT2D eigenvalue weighted by Gasteiger charge is 2.30. The zero-order valence-electron chi connectivity index (χ0n) is 12.7. The highest BCUT2D eigenvalue weighted by atomic mass is 19.1. The van der Waals surface area contributed by atoms with E-state index in [-0.39, 0.29) is 18.3 Å². The van der Waals surface area contributed by atoms with Gasteiger partial charge in [0.15, 0.2) is 0 Å². The van der Waals surface area contributed by atoms with Crippen molar-refractivity contribution in [2.75, 3.05) is 20.1 Å². The molecule has 0 aromatic heterocycles. The monoisotopic (exact) mass is 308 g/mol. The van der Waals surface area contributed by atoms with Gasteiger partial charge < -0.3 is 10.0 Å². The summed E-state index contributed by atoms with van der Waals surface area (Å²) in [5.74, 6) is -1.30. The Hall–Kier alpha value is -1.95. The molecule has 0 saturated carbocycles. The lowest BCUT2D eigenvalue weighted by atomic mass is 10.0. The van der Waals surface area contributed by atoms with Crippen molar-refractivity contribution in [3.8, 4) is 0 Å². The highest BCUT2D eigenvalue weighted by Crippen LogP contribution is 2.17. The maximum atomic E-state index is 12.9. The Labute approximate surface area is 129 Å². The van der Waals surface area contributed by atoms with Crippen LogP contribution in [0, 0.1) is 5.82 Å². The molecule has 0 radical (unpaired) electrons. The number of halogens is 1. The summed E-state index contributed by atoms with van der Waals surface area (Å²) in [5, 5.41) is 9.22. The number of carboxylic acid groups (broad SMARTS) is 1. The Bertz CT molecular complexity index is 533. The highest BCUT2D eigenvalue weighted by molar-refractivity contribution is 5.80. The first-order valence-corrected chi connectivity index (χ1v) is 7.42. The van der Waals surface area contributed by atoms with Crippen LogP contribution in [-0.2, 0) is 16.1 Å². The number of hydrogen-bond acceptors (Lipinski definition) is 3. The van der Waals surface area contributed by atoms with Crippen molar-refractivity contribution in [3.05, 3.63) is 35.6 Å². The first-order valence-electron chi connectivity index (χ1n) is 7.42. The van der Waals surface area contributed by atoms with Crippen molar-refractivity contribution in [2.45, 2.75) is 31.8 Å². The van der Waals surface area contributed by atoms with Crippen LogP contribution in [0.5, 0.6) is 0 Å². The smallest absolute Gasteiger partial charge is 0.320 e. The second-order valence-corrected chi connectivity index (χ2v) is 5.70. The number of aliphatic carboxylic acids is 1. The van der Waals surface area contributed by atoms with Crippen molar-refractivity contribution in [3.63, 3.8) is 0 Å². The van der Waals surface area contributed by atoms with Crippen molar-refractivity contribution >= 4 is 11.9 Å². The van der Waals surface area contributed by atoms with Crippen LogP contribution >= 0.6 is 0 Å². The minimum atomic E-state index is -0.867. The van der Waals surface area contributed by atoms with E-state index in [9.17, 15) is 19.1 Å². The summed E-state index contributed by atoms with van der Waals surface area (Å²) in [7, 11) is 1.67. The fraction of sp³-hybridized carbons (Fsp3) is 0.500. The maximum absolute atomic E-state index is 12.9. The third kappa shape index (κ3) is 4.27. The molecule has 1 aromatic rings. The topological polar surface area (TPSA) is 60.9 Å². The lowest BCUT2D eigenvalue weighted by molar-refractivity contribution is -0.146. The normalized spacial score (nSPS) is 18.9. The number of benzene rings is 1. The number of carbonyl (C=O) groups is 2. The van der Waals surface area contributed by atoms with E-state index < -0.39 is 12.0 Å². The SMILES string of the molecule is CN(Cc1ccc(F)cc1)C(=O)CN1CCCCC1C(=O)O. The van der Waals surface area contributed by atoms with Gasteiger partial charge in [-0.25, -0.2) is 4.39 Å². The predicted octanol–water partition coefficient (Wildman–Crippen LogP) is 1.72. The van der Waals surface area contributed by atoms with E-state index in [4.69, 9.17) is 0 Å². The quantitative estimate of drug-likeness (QED) is 0.900. The Kier molecular flexibility index (Phi) is 5.49. The zero-order chi connectivity index (χ0) is 16.1. The maximum Gasteiger partial charge on any atom is 0.320 e. The van der Waals surface area contributed by atoms with Gasteiger partial charge in [-0.15, -0.1) is 0 Å². The molecule has 5 nitrogen and oxygen atoms in total. The number of nitrogens with zero attached hydrogens (tertiary/aromatic N) is 2. The van der Waals surface area contributed by atoms with Crippen molar-refractivity contribution in [1.29, 1.82) is 0 Å². The molecule has 1 aliphatic heterocycles. The van der Waals surface area contributed by atoms with Gasteiger partial charge in [-0.1, -0.05) is 18.6 Å². The third-order valence-corrected chi connectivity index (χ3v) is 4.00. The van der Waals surface area contributed by atoms with E-state index in [2.05, 4.69) is 0 Å². The first kappa shape index (κ1) is 16.4. The summed E-state index contributed by atoms with van der Waals surface area (Å²) in [5.41, 5.74) is 0.839. The number of likely N-dealkylation sites (tertiary alicyclic amines) is 1. The number of carboxylic acids is 1. The fourth-order valence-electron chi connectivity index (χ4n) is 2.71. The summed E-state index contributed by atoms with van der Waals surface area (Å²) >= 11 is 0. The second-order valence-electron chi connectivity index (χ2n) is 5.70. The van der Waals surface area contributed by atoms with E-state index in [0.717, 1.165) is 18.4 Å². The molecule has 1 atom stereocenters. The average Bonchev–Trinajstić information content (AvgIpc) is 2.49. The zero-order valence-corrected chi connectivity index (χ0v) is 12.7. The number of piperidine rings is 1. The molecule has 0 spiro atoms. The van der Waals surface area contributed by atoms with E-state index >= 15 is 0 Å². The molecule has 0 aliphatic carbocycles. The van der Waals surface area contributed by atoms with Crippen molar-refractivity contribution in [2.24, 2.45) is 0 Å². The van der Waals surface area contributed by atoms with Crippen LogP contribution in [0.25, 0.3) is 0 Å². The minimum absolute atomic E-state index is 0.106. The number of hydrogen-bond donors (Lipinski definition) is 1. The Balaban J connectivity index is 1.92. The summed E-state index contributed by atoms with van der Waals surface area (Å²) in [6, 6.07) is 5.43. The third-order valence-electron chi connectivity index (χ3n) is 4.00. The number of amides is 1. The minimum Gasteiger partial charge on any atom is -0.480 e. The van der Waals surface area contributed by atoms with Gasteiger partial charge in [0.1, 0.15) is 11.9 Å². The Morgan fingerprint density at radius 1 is 1.32 bits per heavy atom.